The van der Waals surface area contributed by atoms with Crippen LogP contribution in [0.4, 0.5) is 4.39 Å². The maximum Gasteiger partial charge on any atom is 0.126 e. The molecule has 1 heterocycles. The van der Waals surface area contributed by atoms with Crippen molar-refractivity contribution in [2.75, 3.05) is 26.2 Å². The summed E-state index contributed by atoms with van der Waals surface area (Å²) in [5, 5.41) is 3.92. The van der Waals surface area contributed by atoms with Crippen molar-refractivity contribution < 1.29 is 9.13 Å². The van der Waals surface area contributed by atoms with Crippen LogP contribution >= 0.6 is 0 Å². The van der Waals surface area contributed by atoms with Crippen molar-refractivity contribution >= 4 is 6.21 Å². The molecule has 1 saturated carbocycles. The molecular weight excluding hydrogens is 427 g/mol. The van der Waals surface area contributed by atoms with E-state index in [-0.39, 0.29) is 11.9 Å². The smallest absolute Gasteiger partial charge is 0.126 e. The van der Waals surface area contributed by atoms with Crippen LogP contribution in [0, 0.1) is 12.7 Å². The highest BCUT2D eigenvalue weighted by Crippen LogP contribution is 2.26. The molecule has 5 nitrogen and oxygen atoms in total. The van der Waals surface area contributed by atoms with Gasteiger partial charge in [-0.25, -0.2) is 4.39 Å². The number of nitrogens with zero attached hydrogens (tertiary/aromatic N) is 3. The van der Waals surface area contributed by atoms with Gasteiger partial charge in [-0.05, 0) is 55.4 Å². The van der Waals surface area contributed by atoms with Gasteiger partial charge in [0.2, 0.25) is 0 Å². The summed E-state index contributed by atoms with van der Waals surface area (Å²) in [7, 11) is 0. The number of benzene rings is 2. The zero-order valence-electron chi connectivity index (χ0n) is 20.3. The summed E-state index contributed by atoms with van der Waals surface area (Å²) in [4.78, 5) is 4.77. The Kier molecular flexibility index (Phi) is 8.58. The van der Waals surface area contributed by atoms with Crippen LogP contribution < -0.4 is 5.84 Å². The van der Waals surface area contributed by atoms with Crippen LogP contribution in [-0.2, 0) is 17.7 Å². The Morgan fingerprint density at radius 3 is 2.44 bits per heavy atom. The number of hydrogen-bond acceptors (Lipinski definition) is 5. The minimum Gasteiger partial charge on any atom is -0.492 e. The first kappa shape index (κ1) is 24.3. The molecule has 6 heteroatoms. The van der Waals surface area contributed by atoms with Crippen LogP contribution in [0.3, 0.4) is 0 Å². The molecule has 0 spiro atoms. The Labute approximate surface area is 203 Å². The Morgan fingerprint density at radius 1 is 1.03 bits per heavy atom. The van der Waals surface area contributed by atoms with Gasteiger partial charge < -0.3 is 15.5 Å². The molecule has 0 unspecified atom stereocenters. The Bertz CT molecular complexity index is 977. The predicted octanol–water partition coefficient (Wildman–Crippen LogP) is 5.00. The van der Waals surface area contributed by atoms with Crippen molar-refractivity contribution in [2.45, 2.75) is 58.1 Å². The zero-order chi connectivity index (χ0) is 23.8. The van der Waals surface area contributed by atoms with E-state index in [1.54, 1.807) is 12.3 Å². The van der Waals surface area contributed by atoms with E-state index < -0.39 is 0 Å². The van der Waals surface area contributed by atoms with Crippen molar-refractivity contribution in [2.24, 2.45) is 10.9 Å². The number of nitrogens with two attached hydrogens (primary N) is 1. The van der Waals surface area contributed by atoms with Crippen LogP contribution in [0.5, 0.6) is 0 Å². The Hall–Kier alpha value is -2.86. The number of rotatable bonds is 8. The van der Waals surface area contributed by atoms with Gasteiger partial charge in [-0.2, -0.15) is 5.10 Å². The minimum atomic E-state index is -0.145. The number of allylic oxidation sites excluding steroid dienone is 2. The van der Waals surface area contributed by atoms with Crippen molar-refractivity contribution in [1.29, 1.82) is 0 Å². The van der Waals surface area contributed by atoms with Gasteiger partial charge >= 0.3 is 0 Å². The number of piperazine rings is 1. The Morgan fingerprint density at radius 2 is 1.76 bits per heavy atom. The van der Waals surface area contributed by atoms with Crippen LogP contribution in [0.25, 0.3) is 0 Å². The maximum atomic E-state index is 13.6. The summed E-state index contributed by atoms with van der Waals surface area (Å²) in [6.07, 6.45) is 8.72. The normalized spacial score (nSPS) is 18.8. The summed E-state index contributed by atoms with van der Waals surface area (Å²) in [5.74, 6) is 6.49. The molecule has 1 aliphatic carbocycles. The highest BCUT2D eigenvalue weighted by molar-refractivity contribution is 5.78. The molecule has 1 aliphatic heterocycles. The first-order chi connectivity index (χ1) is 16.6. The number of hydrogen-bond donors (Lipinski definition) is 1. The SMILES string of the molecule is Cc1cc(CN2CCN(C(/C=N\N)=C(/Cc3ccccc3)OC3CCCCC3)CC2)ccc1F. The number of halogens is 1. The molecule has 0 atom stereocenters. The molecule has 1 saturated heterocycles. The fraction of sp³-hybridized carbons (Fsp3) is 0.464. The molecule has 182 valence electrons. The molecule has 34 heavy (non-hydrogen) atoms. The zero-order valence-corrected chi connectivity index (χ0v) is 20.3. The van der Waals surface area contributed by atoms with Gasteiger partial charge in [-0.15, -0.1) is 0 Å². The lowest BCUT2D eigenvalue weighted by Crippen LogP contribution is -2.46. The Balaban J connectivity index is 1.49. The van der Waals surface area contributed by atoms with Gasteiger partial charge in [-0.1, -0.05) is 48.9 Å². The van der Waals surface area contributed by atoms with E-state index in [4.69, 9.17) is 10.6 Å². The van der Waals surface area contributed by atoms with Gasteiger partial charge in [0.15, 0.2) is 0 Å². The van der Waals surface area contributed by atoms with Gasteiger partial charge in [0.1, 0.15) is 11.6 Å². The van der Waals surface area contributed by atoms with E-state index in [0.29, 0.717) is 5.56 Å². The fourth-order valence-corrected chi connectivity index (χ4v) is 4.97. The largest absolute Gasteiger partial charge is 0.492 e. The van der Waals surface area contributed by atoms with Gasteiger partial charge in [0, 0.05) is 39.1 Å². The average molecular weight is 465 g/mol. The van der Waals surface area contributed by atoms with Crippen molar-refractivity contribution in [1.82, 2.24) is 9.80 Å². The molecule has 2 aromatic rings. The second-order valence-corrected chi connectivity index (χ2v) is 9.47. The number of hydrazone groups is 1. The van der Waals surface area contributed by atoms with Gasteiger partial charge in [0.05, 0.1) is 18.0 Å². The third-order valence-corrected chi connectivity index (χ3v) is 6.89. The molecule has 2 aromatic carbocycles. The topological polar surface area (TPSA) is 54.1 Å². The van der Waals surface area contributed by atoms with E-state index in [1.165, 1.54) is 24.8 Å². The summed E-state index contributed by atoms with van der Waals surface area (Å²) in [5.41, 5.74) is 4.07. The summed E-state index contributed by atoms with van der Waals surface area (Å²) in [6.45, 7) is 6.22. The monoisotopic (exact) mass is 464 g/mol. The molecule has 0 radical (unpaired) electrons. The third kappa shape index (κ3) is 6.60. The summed E-state index contributed by atoms with van der Waals surface area (Å²) < 4.78 is 20.3. The minimum absolute atomic E-state index is 0.145. The lowest BCUT2D eigenvalue weighted by Gasteiger charge is -2.37. The standard InChI is InChI=1S/C28H37FN4O/c1-22-18-24(12-13-26(22)29)21-32-14-16-33(17-15-32)27(20-31-30)28(19-23-8-4-2-5-9-23)34-25-10-6-3-7-11-25/h2,4-5,8-9,12-13,18,20,25H,3,6-7,10-11,14-17,19,21,30H2,1H3/b28-27-,31-20-. The lowest BCUT2D eigenvalue weighted by atomic mass is 9.97. The number of ether oxygens (including phenoxy) is 1. The lowest BCUT2D eigenvalue weighted by molar-refractivity contribution is 0.0704. The summed E-state index contributed by atoms with van der Waals surface area (Å²) in [6, 6.07) is 15.9. The van der Waals surface area contributed by atoms with Crippen molar-refractivity contribution in [3.63, 3.8) is 0 Å². The van der Waals surface area contributed by atoms with Crippen LogP contribution in [-0.4, -0.2) is 48.3 Å². The second kappa shape index (κ2) is 12.0. The molecule has 2 N–H and O–H groups in total. The molecule has 2 fully saturated rings. The molecule has 2 aliphatic rings. The highest BCUT2D eigenvalue weighted by Gasteiger charge is 2.24. The first-order valence-corrected chi connectivity index (χ1v) is 12.5. The molecular formula is C28H37FN4O. The third-order valence-electron chi connectivity index (χ3n) is 6.89. The van der Waals surface area contributed by atoms with Gasteiger partial charge in [0.25, 0.3) is 0 Å². The number of aryl methyl sites for hydroxylation is 1. The molecule has 4 rings (SSSR count). The van der Waals surface area contributed by atoms with E-state index in [2.05, 4.69) is 39.2 Å². The first-order valence-electron chi connectivity index (χ1n) is 12.5. The predicted molar refractivity (Wildman–Crippen MR) is 136 cm³/mol. The fourth-order valence-electron chi connectivity index (χ4n) is 4.97. The van der Waals surface area contributed by atoms with Crippen LogP contribution in [0.2, 0.25) is 0 Å². The van der Waals surface area contributed by atoms with Crippen molar-refractivity contribution in [3.8, 4) is 0 Å². The molecule has 0 bridgehead atoms. The summed E-state index contributed by atoms with van der Waals surface area (Å²) >= 11 is 0. The van der Waals surface area contributed by atoms with E-state index in [0.717, 1.165) is 69.0 Å². The molecule has 0 aromatic heterocycles. The quantitative estimate of drug-likeness (QED) is 0.259. The highest BCUT2D eigenvalue weighted by atomic mass is 19.1. The maximum absolute atomic E-state index is 13.6. The van der Waals surface area contributed by atoms with E-state index in [9.17, 15) is 4.39 Å². The van der Waals surface area contributed by atoms with E-state index >= 15 is 0 Å². The van der Waals surface area contributed by atoms with Gasteiger partial charge in [-0.3, -0.25) is 4.90 Å². The average Bonchev–Trinajstić information content (AvgIpc) is 2.86. The second-order valence-electron chi connectivity index (χ2n) is 9.47. The van der Waals surface area contributed by atoms with Crippen molar-refractivity contribution in [3.05, 3.63) is 82.5 Å². The van der Waals surface area contributed by atoms with Crippen LogP contribution in [0.1, 0.15) is 48.8 Å². The van der Waals surface area contributed by atoms with Crippen LogP contribution in [0.15, 0.2) is 65.1 Å². The molecule has 0 amide bonds. The van der Waals surface area contributed by atoms with E-state index in [1.807, 2.05) is 25.1 Å².